The number of aromatic amines is 1. The van der Waals surface area contributed by atoms with Gasteiger partial charge >= 0.3 is 0 Å². The Bertz CT molecular complexity index is 1040. The first-order valence-electron chi connectivity index (χ1n) is 7.61. The first kappa shape index (κ1) is 17.0. The van der Waals surface area contributed by atoms with E-state index in [9.17, 15) is 13.2 Å². The van der Waals surface area contributed by atoms with E-state index in [0.717, 1.165) is 11.8 Å². The summed E-state index contributed by atoms with van der Waals surface area (Å²) in [6.07, 6.45) is 1.16. The van der Waals surface area contributed by atoms with Gasteiger partial charge in [-0.15, -0.1) is 0 Å². The smallest absolute Gasteiger partial charge is 0.254 e. The van der Waals surface area contributed by atoms with Crippen molar-refractivity contribution in [3.8, 4) is 0 Å². The Hall–Kier alpha value is -2.87. The van der Waals surface area contributed by atoms with Crippen LogP contribution in [0.25, 0.3) is 11.0 Å². The molecular formula is C17H18N4O3S. The Labute approximate surface area is 145 Å². The molecule has 25 heavy (non-hydrogen) atoms. The number of nitrogen functional groups attached to an aromatic ring is 1. The zero-order chi connectivity index (χ0) is 18.2. The number of nitrogens with zero attached hydrogens (tertiary/aromatic N) is 1. The lowest BCUT2D eigenvalue weighted by molar-refractivity contribution is 0.0941. The number of hydrogen-bond acceptors (Lipinski definition) is 5. The highest BCUT2D eigenvalue weighted by Gasteiger charge is 2.16. The lowest BCUT2D eigenvalue weighted by atomic mass is 10.1. The monoisotopic (exact) mass is 358 g/mol. The normalized spacial score (nSPS) is 12.9. The minimum absolute atomic E-state index is 0.242. The quantitative estimate of drug-likeness (QED) is 0.659. The molecule has 0 aliphatic carbocycles. The maximum Gasteiger partial charge on any atom is 0.254 e. The number of nitrogens with one attached hydrogen (secondary N) is 2. The van der Waals surface area contributed by atoms with Crippen LogP contribution in [0.5, 0.6) is 0 Å². The van der Waals surface area contributed by atoms with Crippen LogP contribution in [0, 0.1) is 0 Å². The van der Waals surface area contributed by atoms with E-state index in [1.807, 2.05) is 6.92 Å². The zero-order valence-corrected chi connectivity index (χ0v) is 14.6. The molecule has 0 saturated carbocycles. The minimum atomic E-state index is -3.24. The Kier molecular flexibility index (Phi) is 4.22. The molecule has 0 radical (unpaired) electrons. The summed E-state index contributed by atoms with van der Waals surface area (Å²) in [6, 6.07) is 11.4. The molecule has 0 bridgehead atoms. The van der Waals surface area contributed by atoms with Crippen LogP contribution in [-0.2, 0) is 9.84 Å². The molecule has 0 fully saturated rings. The number of para-hydroxylation sites is 1. The predicted molar refractivity (Wildman–Crippen MR) is 95.9 cm³/mol. The fourth-order valence-electron chi connectivity index (χ4n) is 2.60. The summed E-state index contributed by atoms with van der Waals surface area (Å²) in [7, 11) is -3.24. The molecule has 1 atom stereocenters. The van der Waals surface area contributed by atoms with Gasteiger partial charge in [0.1, 0.15) is 5.52 Å². The number of carbonyl (C=O) groups is 1. The highest BCUT2D eigenvalue weighted by atomic mass is 32.2. The highest BCUT2D eigenvalue weighted by molar-refractivity contribution is 7.90. The van der Waals surface area contributed by atoms with Gasteiger partial charge in [0.25, 0.3) is 5.91 Å². The van der Waals surface area contributed by atoms with Gasteiger partial charge in [0.15, 0.2) is 15.8 Å². The molecule has 0 spiro atoms. The van der Waals surface area contributed by atoms with Crippen molar-refractivity contribution in [2.75, 3.05) is 12.0 Å². The number of hydrogen-bond donors (Lipinski definition) is 3. The molecule has 3 rings (SSSR count). The van der Waals surface area contributed by atoms with E-state index in [4.69, 9.17) is 5.73 Å². The number of aromatic nitrogens is 2. The van der Waals surface area contributed by atoms with Crippen LogP contribution in [-0.4, -0.2) is 30.5 Å². The highest BCUT2D eigenvalue weighted by Crippen LogP contribution is 2.20. The molecule has 8 heteroatoms. The lowest BCUT2D eigenvalue weighted by Gasteiger charge is -2.15. The van der Waals surface area contributed by atoms with Gasteiger partial charge in [-0.05, 0) is 36.8 Å². The summed E-state index contributed by atoms with van der Waals surface area (Å²) in [6.45, 7) is 1.83. The van der Waals surface area contributed by atoms with Crippen molar-refractivity contribution in [1.82, 2.24) is 15.3 Å². The molecule has 0 aliphatic heterocycles. The van der Waals surface area contributed by atoms with Gasteiger partial charge in [-0.25, -0.2) is 13.4 Å². The van der Waals surface area contributed by atoms with Gasteiger partial charge in [-0.2, -0.15) is 0 Å². The summed E-state index contributed by atoms with van der Waals surface area (Å²) in [4.78, 5) is 19.9. The van der Waals surface area contributed by atoms with Crippen LogP contribution in [0.15, 0.2) is 47.4 Å². The lowest BCUT2D eigenvalue weighted by Crippen LogP contribution is -2.26. The number of nitrogens with two attached hydrogens (primary N) is 1. The summed E-state index contributed by atoms with van der Waals surface area (Å²) < 4.78 is 23.0. The van der Waals surface area contributed by atoms with E-state index in [1.165, 1.54) is 12.1 Å². The maximum absolute atomic E-state index is 12.6. The molecule has 130 valence electrons. The van der Waals surface area contributed by atoms with Crippen molar-refractivity contribution in [1.29, 1.82) is 0 Å². The fourth-order valence-corrected chi connectivity index (χ4v) is 3.23. The number of rotatable bonds is 4. The Morgan fingerprint density at radius 3 is 2.52 bits per heavy atom. The third-order valence-corrected chi connectivity index (χ3v) is 5.06. The molecule has 1 heterocycles. The summed E-state index contributed by atoms with van der Waals surface area (Å²) in [5.74, 6) is -0.0311. The summed E-state index contributed by atoms with van der Waals surface area (Å²) >= 11 is 0. The van der Waals surface area contributed by atoms with E-state index in [-0.39, 0.29) is 22.8 Å². The number of carbonyl (C=O) groups excluding carboxylic acids is 1. The second-order valence-electron chi connectivity index (χ2n) is 5.86. The van der Waals surface area contributed by atoms with Gasteiger partial charge in [-0.1, -0.05) is 18.2 Å². The Morgan fingerprint density at radius 2 is 1.88 bits per heavy atom. The number of fused-ring (bicyclic) bond motifs is 1. The SMILES string of the molecule is CC(NC(=O)c1cccc2[nH]c(N)nc12)c1ccc(S(C)(=O)=O)cc1. The molecule has 7 nitrogen and oxygen atoms in total. The molecule has 0 saturated heterocycles. The predicted octanol–water partition coefficient (Wildman–Crippen LogP) is 2.04. The average molecular weight is 358 g/mol. The summed E-state index contributed by atoms with van der Waals surface area (Å²) in [5.41, 5.74) is 8.08. The molecule has 1 unspecified atom stereocenters. The number of sulfone groups is 1. The molecule has 0 aliphatic rings. The average Bonchev–Trinajstić information content (AvgIpc) is 2.94. The van der Waals surface area contributed by atoms with Crippen LogP contribution in [0.1, 0.15) is 28.9 Å². The van der Waals surface area contributed by atoms with Gasteiger partial charge in [0.2, 0.25) is 0 Å². The molecular weight excluding hydrogens is 340 g/mol. The summed E-state index contributed by atoms with van der Waals surface area (Å²) in [5, 5.41) is 2.89. The van der Waals surface area contributed by atoms with E-state index in [0.29, 0.717) is 16.6 Å². The van der Waals surface area contributed by atoms with Crippen LogP contribution in [0.2, 0.25) is 0 Å². The second-order valence-corrected chi connectivity index (χ2v) is 7.88. The van der Waals surface area contributed by atoms with Crippen LogP contribution >= 0.6 is 0 Å². The number of H-pyrrole nitrogens is 1. The topological polar surface area (TPSA) is 118 Å². The minimum Gasteiger partial charge on any atom is -0.369 e. The van der Waals surface area contributed by atoms with Crippen molar-refractivity contribution in [3.63, 3.8) is 0 Å². The molecule has 1 amide bonds. The van der Waals surface area contributed by atoms with Crippen LogP contribution in [0.3, 0.4) is 0 Å². The molecule has 1 aromatic heterocycles. The third kappa shape index (κ3) is 3.48. The zero-order valence-electron chi connectivity index (χ0n) is 13.8. The molecule has 4 N–H and O–H groups in total. The van der Waals surface area contributed by atoms with Crippen LogP contribution < -0.4 is 11.1 Å². The van der Waals surface area contributed by atoms with Gasteiger partial charge in [0.05, 0.1) is 22.0 Å². The fraction of sp³-hybridized carbons (Fsp3) is 0.176. The van der Waals surface area contributed by atoms with E-state index < -0.39 is 9.84 Å². The van der Waals surface area contributed by atoms with E-state index in [1.54, 1.807) is 30.3 Å². The molecule has 3 aromatic rings. The second kappa shape index (κ2) is 6.21. The van der Waals surface area contributed by atoms with E-state index in [2.05, 4.69) is 15.3 Å². The first-order valence-corrected chi connectivity index (χ1v) is 9.50. The molecule has 2 aromatic carbocycles. The van der Waals surface area contributed by atoms with Crippen molar-refractivity contribution in [2.45, 2.75) is 17.9 Å². The van der Waals surface area contributed by atoms with Crippen LogP contribution in [0.4, 0.5) is 5.95 Å². The van der Waals surface area contributed by atoms with Gasteiger partial charge < -0.3 is 16.0 Å². The number of imidazole rings is 1. The maximum atomic E-state index is 12.6. The largest absolute Gasteiger partial charge is 0.369 e. The van der Waals surface area contributed by atoms with E-state index >= 15 is 0 Å². The van der Waals surface area contributed by atoms with Gasteiger partial charge in [0, 0.05) is 6.26 Å². The Balaban J connectivity index is 1.82. The standard InChI is InChI=1S/C17H18N4O3S/c1-10(11-6-8-12(9-7-11)25(2,23)24)19-16(22)13-4-3-5-14-15(13)21-17(18)20-14/h3-10H,1-2H3,(H,19,22)(H3,18,20,21). The van der Waals surface area contributed by atoms with Crippen molar-refractivity contribution >= 4 is 32.7 Å². The van der Waals surface area contributed by atoms with Crippen molar-refractivity contribution < 1.29 is 13.2 Å². The number of benzene rings is 2. The number of anilines is 1. The third-order valence-electron chi connectivity index (χ3n) is 3.93. The van der Waals surface area contributed by atoms with Crippen molar-refractivity contribution in [3.05, 3.63) is 53.6 Å². The van der Waals surface area contributed by atoms with Gasteiger partial charge in [-0.3, -0.25) is 4.79 Å². The van der Waals surface area contributed by atoms with Crippen molar-refractivity contribution in [2.24, 2.45) is 0 Å². The Morgan fingerprint density at radius 1 is 1.20 bits per heavy atom. The first-order chi connectivity index (χ1) is 11.8. The number of amides is 1.